The zero-order valence-electron chi connectivity index (χ0n) is 6.85. The van der Waals surface area contributed by atoms with Gasteiger partial charge in [0.25, 0.3) is 0 Å². The Balaban J connectivity index is 2.57. The zero-order chi connectivity index (χ0) is 7.61. The summed E-state index contributed by atoms with van der Waals surface area (Å²) in [5.74, 6) is 0. The van der Waals surface area contributed by atoms with Crippen LogP contribution >= 0.6 is 0 Å². The Kier molecular flexibility index (Phi) is 3.08. The molecule has 1 heterocycles. The fourth-order valence-corrected chi connectivity index (χ4v) is 14.6. The molecule has 0 aliphatic carbocycles. The van der Waals surface area contributed by atoms with Gasteiger partial charge in [-0.05, 0) is 0 Å². The van der Waals surface area contributed by atoms with Gasteiger partial charge in [-0.3, -0.25) is 0 Å². The molecule has 0 saturated carbocycles. The van der Waals surface area contributed by atoms with Crippen molar-refractivity contribution in [2.45, 2.75) is 24.2 Å². The molecule has 1 aromatic heterocycles. The van der Waals surface area contributed by atoms with Crippen LogP contribution in [0.5, 0.6) is 0 Å². The first-order chi connectivity index (χ1) is 4.58. The van der Waals surface area contributed by atoms with Crippen molar-refractivity contribution < 1.29 is 0 Å². The van der Waals surface area contributed by atoms with Crippen molar-refractivity contribution in [2.24, 2.45) is 0 Å². The summed E-state index contributed by atoms with van der Waals surface area (Å²) in [4.78, 5) is 2.34. The normalized spacial score (nSPS) is 13.1. The molecule has 0 aliphatic rings. The van der Waals surface area contributed by atoms with Crippen molar-refractivity contribution in [3.63, 3.8) is 0 Å². The number of rotatable bonds is 1. The summed E-state index contributed by atoms with van der Waals surface area (Å²) in [6.07, 6.45) is 0. The van der Waals surface area contributed by atoms with Crippen molar-refractivity contribution in [3.05, 3.63) is 17.1 Å². The van der Waals surface area contributed by atoms with E-state index < -0.39 is 21.1 Å². The van der Waals surface area contributed by atoms with Crippen molar-refractivity contribution in [2.75, 3.05) is 0 Å². The zero-order valence-corrected chi connectivity index (χ0v) is 12.6. The van der Waals surface area contributed by atoms with Crippen LogP contribution in [0.4, 0.5) is 0 Å². The fraction of sp³-hybridized carbons (Fsp3) is 0.500. The fourth-order valence-electron chi connectivity index (χ4n) is 0.936. The van der Waals surface area contributed by atoms with Crippen LogP contribution < -0.4 is 2.45 Å². The summed E-state index contributed by atoms with van der Waals surface area (Å²) in [6, 6.07) is 4.60. The first-order valence-electron chi connectivity index (χ1n) is 3.60. The molecule has 0 bridgehead atoms. The van der Waals surface area contributed by atoms with Crippen LogP contribution in [-0.2, 0) is 0 Å². The van der Waals surface area contributed by atoms with Gasteiger partial charge in [-0.25, -0.2) is 0 Å². The molecule has 0 radical (unpaired) electrons. The third-order valence-electron chi connectivity index (χ3n) is 1.28. The third kappa shape index (κ3) is 3.27. The second kappa shape index (κ2) is 3.46. The topological polar surface area (TPSA) is 0 Å². The molecule has 0 N–H and O–H groups in total. The summed E-state index contributed by atoms with van der Waals surface area (Å²) in [7, 11) is 0. The summed E-state index contributed by atoms with van der Waals surface area (Å²) < 4.78 is 2.53. The van der Waals surface area contributed by atoms with Gasteiger partial charge >= 0.3 is 79.4 Å². The summed E-state index contributed by atoms with van der Waals surface area (Å²) in [5, 5.41) is 0. The Hall–Kier alpha value is 0.798. The predicted molar refractivity (Wildman–Crippen MR) is 51.3 cm³/mol. The molecule has 0 nitrogen and oxygen atoms in total. The minimum atomic E-state index is -0.568. The molecule has 1 aromatic rings. The van der Waals surface area contributed by atoms with Gasteiger partial charge in [0.05, 0.1) is 0 Å². The Morgan fingerprint density at radius 1 is 1.40 bits per heavy atom. The van der Waals surface area contributed by atoms with Gasteiger partial charge in [-0.1, -0.05) is 0 Å². The third-order valence-corrected chi connectivity index (χ3v) is 12.0. The van der Waals surface area contributed by atoms with E-state index in [1.54, 1.807) is 0 Å². The van der Waals surface area contributed by atoms with E-state index in [4.69, 9.17) is 0 Å². The van der Waals surface area contributed by atoms with E-state index in [1.165, 1.54) is 0 Å². The average molecular weight is 308 g/mol. The van der Waals surface area contributed by atoms with Crippen LogP contribution in [0.25, 0.3) is 0 Å². The van der Waals surface area contributed by atoms with E-state index in [-0.39, 0.29) is 0 Å². The average Bonchev–Trinajstić information content (AvgIpc) is 2.12. The first-order valence-corrected chi connectivity index (χ1v) is 9.48. The van der Waals surface area contributed by atoms with E-state index in [9.17, 15) is 0 Å². The molecule has 10 heavy (non-hydrogen) atoms. The molecule has 56 valence electrons. The number of hydrogen-bond donors (Lipinski definition) is 0. The molecule has 0 spiro atoms. The van der Waals surface area contributed by atoms with Gasteiger partial charge in [0.1, 0.15) is 0 Å². The molecule has 0 unspecified atom stereocenters. The van der Waals surface area contributed by atoms with Crippen LogP contribution in [0, 0.1) is 0 Å². The van der Waals surface area contributed by atoms with Gasteiger partial charge in [0.2, 0.25) is 0 Å². The second-order valence-electron chi connectivity index (χ2n) is 3.82. The molecule has 1 rings (SSSR count). The molecule has 0 aliphatic heterocycles. The Labute approximate surface area is 79.0 Å². The Morgan fingerprint density at radius 2 is 2.10 bits per heavy atom. The molecule has 0 amide bonds. The van der Waals surface area contributed by atoms with Gasteiger partial charge in [-0.2, -0.15) is 0 Å². The van der Waals surface area contributed by atoms with Gasteiger partial charge in [0, 0.05) is 0 Å². The minimum absolute atomic E-state index is 0.568. The van der Waals surface area contributed by atoms with E-state index in [2.05, 4.69) is 37.8 Å². The van der Waals surface area contributed by atoms with Crippen molar-refractivity contribution in [1.29, 1.82) is 0 Å². The SMILES string of the molecule is C[C](C)(C)[SnH2][c]1ccc[se]1. The summed E-state index contributed by atoms with van der Waals surface area (Å²) in [6.45, 7) is 7.16. The maximum absolute atomic E-state index is 2.39. The van der Waals surface area contributed by atoms with Crippen molar-refractivity contribution in [3.8, 4) is 0 Å². The Morgan fingerprint density at radius 3 is 2.50 bits per heavy atom. The molecular formula is C8H14SeSn. The molecule has 0 aromatic carbocycles. The first kappa shape index (κ1) is 8.89. The molecule has 0 fully saturated rings. The maximum atomic E-state index is 2.39. The number of hydrogen-bond acceptors (Lipinski definition) is 0. The van der Waals surface area contributed by atoms with Gasteiger partial charge in [-0.15, -0.1) is 0 Å². The Bertz CT molecular complexity index is 184. The van der Waals surface area contributed by atoms with Crippen LogP contribution in [0.15, 0.2) is 17.1 Å². The predicted octanol–water partition coefficient (Wildman–Crippen LogP) is 0.756. The second-order valence-corrected chi connectivity index (χ2v) is 18.5. The van der Waals surface area contributed by atoms with Crippen LogP contribution in [0.2, 0.25) is 3.43 Å². The summed E-state index contributed by atoms with van der Waals surface area (Å²) >= 11 is 0.199. The van der Waals surface area contributed by atoms with Crippen LogP contribution in [0.1, 0.15) is 20.8 Å². The molecular weight excluding hydrogens is 294 g/mol. The van der Waals surface area contributed by atoms with Crippen molar-refractivity contribution >= 4 is 38.1 Å². The van der Waals surface area contributed by atoms with Crippen LogP contribution in [0.3, 0.4) is 0 Å². The van der Waals surface area contributed by atoms with E-state index in [0.29, 0.717) is 3.43 Å². The molecule has 2 heteroatoms. The summed E-state index contributed by atoms with van der Waals surface area (Å²) in [5.41, 5.74) is 0. The van der Waals surface area contributed by atoms with Gasteiger partial charge in [0.15, 0.2) is 0 Å². The van der Waals surface area contributed by atoms with E-state index in [0.717, 1.165) is 14.5 Å². The van der Waals surface area contributed by atoms with E-state index >= 15 is 0 Å². The molecule has 0 saturated heterocycles. The molecule has 0 atom stereocenters. The van der Waals surface area contributed by atoms with E-state index in [1.807, 2.05) is 2.45 Å². The monoisotopic (exact) mass is 310 g/mol. The van der Waals surface area contributed by atoms with Crippen LogP contribution in [-0.4, -0.2) is 35.6 Å². The standard InChI is InChI=1S/C4H3Se.C4H9.Sn.2H/c1-2-4-5-3-1;1-4(2)3;;;/h1-3H;1-3H3;;;. The van der Waals surface area contributed by atoms with Crippen molar-refractivity contribution in [1.82, 2.24) is 0 Å². The van der Waals surface area contributed by atoms with Gasteiger partial charge < -0.3 is 0 Å². The quantitative estimate of drug-likeness (QED) is 0.672.